The molecule has 2 rings (SSSR count). The molecule has 1 saturated heterocycles. The van der Waals surface area contributed by atoms with E-state index in [2.05, 4.69) is 16.0 Å². The fourth-order valence-corrected chi connectivity index (χ4v) is 4.93. The Morgan fingerprint density at radius 1 is 1.17 bits per heavy atom. The number of amides is 3. The second-order valence-electron chi connectivity index (χ2n) is 9.94. The molecule has 0 bridgehead atoms. The van der Waals surface area contributed by atoms with E-state index in [0.717, 1.165) is 6.42 Å². The summed E-state index contributed by atoms with van der Waals surface area (Å²) in [5, 5.41) is 7.29. The van der Waals surface area contributed by atoms with Crippen LogP contribution in [0, 0.1) is 11.8 Å². The number of hydrogen-bond acceptors (Lipinski definition) is 9. The molecular weight excluding hydrogens is 565 g/mol. The maximum atomic E-state index is 13.5. The van der Waals surface area contributed by atoms with Gasteiger partial charge in [0.25, 0.3) is 0 Å². The van der Waals surface area contributed by atoms with Crippen molar-refractivity contribution in [1.82, 2.24) is 16.0 Å². The predicted molar refractivity (Wildman–Crippen MR) is 144 cm³/mol. The zero-order valence-electron chi connectivity index (χ0n) is 28.8. The van der Waals surface area contributed by atoms with E-state index in [1.165, 1.54) is 0 Å². The van der Waals surface area contributed by atoms with Crippen LogP contribution in [0.15, 0.2) is 30.2 Å². The van der Waals surface area contributed by atoms with Gasteiger partial charge < -0.3 is 30.0 Å². The normalized spacial score (nSPS) is 18.7. The Morgan fingerprint density at radius 2 is 1.85 bits per heavy atom. The van der Waals surface area contributed by atoms with E-state index in [-0.39, 0.29) is 73.3 Å². The predicted octanol–water partition coefficient (Wildman–Crippen LogP) is -0.663. The number of benzene rings is 1. The summed E-state index contributed by atoms with van der Waals surface area (Å²) >= 11 is 0. The molecule has 1 aliphatic heterocycles. The van der Waals surface area contributed by atoms with Gasteiger partial charge in [-0.15, -0.1) is 0 Å². The van der Waals surface area contributed by atoms with Crippen LogP contribution in [0.5, 0.6) is 0 Å². The SMILES string of the molecule is [2H]c1c([2H])c([2H])c(COC(=O)N[C@@H](CC(C)C)C(=O)N[C@@H](C[C@@H]2CCNC2=O)C(OC(=O)CCCCC)S(=O)(=O)[O-])c([2H])c1[2H].[Na+]. The third kappa shape index (κ3) is 13.6. The average molecular weight is 611 g/mol. The maximum absolute atomic E-state index is 13.5. The second-order valence-corrected chi connectivity index (χ2v) is 11.4. The van der Waals surface area contributed by atoms with E-state index < -0.39 is 94.3 Å². The maximum Gasteiger partial charge on any atom is 1.00 e. The zero-order valence-corrected chi connectivity index (χ0v) is 26.6. The van der Waals surface area contributed by atoms with E-state index >= 15 is 0 Å². The molecule has 224 valence electrons. The topological polar surface area (TPSA) is 180 Å². The largest absolute Gasteiger partial charge is 1.00 e. The van der Waals surface area contributed by atoms with Crippen LogP contribution in [-0.4, -0.2) is 60.9 Å². The third-order valence-electron chi connectivity index (χ3n) is 6.09. The van der Waals surface area contributed by atoms with Crippen molar-refractivity contribution >= 4 is 34.0 Å². The van der Waals surface area contributed by atoms with Crippen molar-refractivity contribution in [2.24, 2.45) is 11.8 Å². The number of unbranched alkanes of at least 4 members (excludes halogenated alkanes) is 2. The van der Waals surface area contributed by atoms with Gasteiger partial charge in [-0.05, 0) is 37.2 Å². The van der Waals surface area contributed by atoms with Gasteiger partial charge in [-0.25, -0.2) is 13.2 Å². The molecule has 1 aromatic carbocycles. The summed E-state index contributed by atoms with van der Waals surface area (Å²) in [5.74, 6) is -3.36. The van der Waals surface area contributed by atoms with Crippen LogP contribution in [-0.2, 0) is 40.6 Å². The summed E-state index contributed by atoms with van der Waals surface area (Å²) in [4.78, 5) is 50.9. The Bertz CT molecular complexity index is 1340. The Morgan fingerprint density at radius 3 is 2.41 bits per heavy atom. The molecule has 0 saturated carbocycles. The van der Waals surface area contributed by atoms with Crippen LogP contribution in [0.2, 0.25) is 0 Å². The number of hydrogen-bond donors (Lipinski definition) is 3. The summed E-state index contributed by atoms with van der Waals surface area (Å²) in [6, 6.07) is -6.01. The average Bonchev–Trinajstić information content (AvgIpc) is 3.36. The van der Waals surface area contributed by atoms with Crippen molar-refractivity contribution in [3.63, 3.8) is 0 Å². The van der Waals surface area contributed by atoms with Crippen LogP contribution in [0.3, 0.4) is 0 Å². The minimum atomic E-state index is -5.35. The Labute approximate surface area is 271 Å². The second kappa shape index (κ2) is 18.4. The van der Waals surface area contributed by atoms with Gasteiger partial charge in [0.15, 0.2) is 0 Å². The number of esters is 1. The van der Waals surface area contributed by atoms with Crippen LogP contribution >= 0.6 is 0 Å². The number of rotatable bonds is 16. The molecule has 3 N–H and O–H groups in total. The smallest absolute Gasteiger partial charge is 0.745 e. The molecule has 4 atom stereocenters. The zero-order chi connectivity index (χ0) is 34.1. The van der Waals surface area contributed by atoms with Crippen molar-refractivity contribution in [1.29, 1.82) is 0 Å². The van der Waals surface area contributed by atoms with Crippen molar-refractivity contribution in [2.75, 3.05) is 6.54 Å². The van der Waals surface area contributed by atoms with E-state index in [1.807, 2.05) is 6.92 Å². The molecule has 41 heavy (non-hydrogen) atoms. The molecule has 0 spiro atoms. The summed E-state index contributed by atoms with van der Waals surface area (Å²) in [6.07, 6.45) is 0.375. The van der Waals surface area contributed by atoms with Gasteiger partial charge in [-0.2, -0.15) is 0 Å². The fraction of sp³-hybridized carbons (Fsp3) is 0.630. The fourth-order valence-electron chi connectivity index (χ4n) is 4.12. The molecule has 14 heteroatoms. The summed E-state index contributed by atoms with van der Waals surface area (Å²) in [5.41, 5.74) is -2.64. The minimum Gasteiger partial charge on any atom is -0.745 e. The molecule has 1 unspecified atom stereocenters. The molecule has 1 aliphatic rings. The van der Waals surface area contributed by atoms with E-state index in [1.54, 1.807) is 13.8 Å². The number of alkyl carbamates (subject to hydrolysis) is 1. The molecular formula is C27H40N3NaO9S. The first-order valence-corrected chi connectivity index (χ1v) is 14.7. The summed E-state index contributed by atoms with van der Waals surface area (Å²) in [7, 11) is -5.35. The molecule has 0 radical (unpaired) electrons. The van der Waals surface area contributed by atoms with Gasteiger partial charge in [-0.3, -0.25) is 14.4 Å². The summed E-state index contributed by atoms with van der Waals surface area (Å²) in [6.45, 7) is 4.91. The number of ether oxygens (including phenoxy) is 2. The van der Waals surface area contributed by atoms with Crippen LogP contribution in [0.25, 0.3) is 0 Å². The van der Waals surface area contributed by atoms with Gasteiger partial charge in [0.2, 0.25) is 17.3 Å². The molecule has 0 aliphatic carbocycles. The molecule has 0 aromatic heterocycles. The van der Waals surface area contributed by atoms with Gasteiger partial charge in [0.1, 0.15) is 22.8 Å². The first-order chi connectivity index (χ1) is 21.0. The number of carbonyl (C=O) groups is 4. The van der Waals surface area contributed by atoms with Gasteiger partial charge in [0.05, 0.1) is 12.9 Å². The Hall–Kier alpha value is -2.19. The molecule has 1 aromatic rings. The number of nitrogens with one attached hydrogen (secondary N) is 3. The standard InChI is InChI=1S/C27H41N3O9S.Na/c1-4-5-7-12-23(31)39-26(40(35,36)37)22(16-20-13-14-28-24(20)32)29-25(33)21(15-18(2)3)30-27(34)38-17-19-10-8-6-9-11-19;/h6,8-11,18,20-22,26H,4-5,7,12-17H2,1-3H3,(H,28,32)(H,29,33)(H,30,34)(H,35,36,37);/q;+1/p-1/t20-,21-,22-,26?;/m0./s1/i6D,8D,9D,10D,11D;. The quantitative estimate of drug-likeness (QED) is 0.0948. The van der Waals surface area contributed by atoms with E-state index in [9.17, 15) is 32.1 Å². The number of carbonyl (C=O) groups excluding carboxylic acids is 4. The van der Waals surface area contributed by atoms with Crippen LogP contribution < -0.4 is 45.5 Å². The van der Waals surface area contributed by atoms with Gasteiger partial charge >= 0.3 is 41.6 Å². The monoisotopic (exact) mass is 610 g/mol. The molecule has 1 heterocycles. The molecule has 1 fully saturated rings. The van der Waals surface area contributed by atoms with E-state index in [0.29, 0.717) is 12.8 Å². The van der Waals surface area contributed by atoms with Crippen molar-refractivity contribution in [3.05, 3.63) is 35.8 Å². The van der Waals surface area contributed by atoms with Gasteiger partial charge in [0, 0.05) is 18.9 Å². The van der Waals surface area contributed by atoms with Gasteiger partial charge in [-0.1, -0.05) is 63.8 Å². The van der Waals surface area contributed by atoms with E-state index in [4.69, 9.17) is 16.3 Å². The summed E-state index contributed by atoms with van der Waals surface area (Å²) < 4.78 is 86.1. The van der Waals surface area contributed by atoms with Crippen molar-refractivity contribution < 1.29 is 78.0 Å². The Balaban J connectivity index is 0.0000106. The molecule has 12 nitrogen and oxygen atoms in total. The molecule has 3 amide bonds. The Kier molecular flexibility index (Phi) is 13.0. The van der Waals surface area contributed by atoms with Crippen molar-refractivity contribution in [3.8, 4) is 0 Å². The third-order valence-corrected chi connectivity index (χ3v) is 7.08. The van der Waals surface area contributed by atoms with Crippen LogP contribution in [0.4, 0.5) is 4.79 Å². The first kappa shape index (κ1) is 28.9. The first-order valence-electron chi connectivity index (χ1n) is 15.7. The van der Waals surface area contributed by atoms with Crippen LogP contribution in [0.1, 0.15) is 78.1 Å². The van der Waals surface area contributed by atoms with Crippen molar-refractivity contribution in [2.45, 2.75) is 89.8 Å². The minimum absolute atomic E-state index is 0.